The largest absolute Gasteiger partial charge is 0.496 e. The van der Waals surface area contributed by atoms with Gasteiger partial charge in [-0.15, -0.1) is 0 Å². The van der Waals surface area contributed by atoms with Gasteiger partial charge in [0, 0.05) is 24.1 Å². The average Bonchev–Trinajstić information content (AvgIpc) is 2.66. The standard InChI is InChI=1S/C21H22O5/c1-4-9-25-16-12-19(24-3)17-11-15(21(22)26-20(17)13-16)10-14-7-5-6-8-18(14)23-2/h5-8,11-13H,4,9-10H2,1-3H3. The molecule has 0 radical (unpaired) electrons. The van der Waals surface area contributed by atoms with Crippen molar-refractivity contribution in [2.24, 2.45) is 0 Å². The van der Waals surface area contributed by atoms with Crippen molar-refractivity contribution in [1.29, 1.82) is 0 Å². The van der Waals surface area contributed by atoms with Gasteiger partial charge in [-0.05, 0) is 24.1 Å². The molecule has 2 aromatic carbocycles. The van der Waals surface area contributed by atoms with Crippen molar-refractivity contribution in [2.75, 3.05) is 20.8 Å². The zero-order valence-electron chi connectivity index (χ0n) is 15.2. The Labute approximate surface area is 152 Å². The topological polar surface area (TPSA) is 57.9 Å². The molecule has 0 atom stereocenters. The summed E-state index contributed by atoms with van der Waals surface area (Å²) in [6.45, 7) is 2.62. The predicted octanol–water partition coefficient (Wildman–Crippen LogP) is 4.19. The minimum atomic E-state index is -0.377. The van der Waals surface area contributed by atoms with Crippen LogP contribution < -0.4 is 19.8 Å². The lowest BCUT2D eigenvalue weighted by molar-refractivity contribution is 0.314. The molecule has 26 heavy (non-hydrogen) atoms. The third kappa shape index (κ3) is 3.67. The monoisotopic (exact) mass is 354 g/mol. The number of methoxy groups -OCH3 is 2. The maximum Gasteiger partial charge on any atom is 0.339 e. The van der Waals surface area contributed by atoms with Crippen LogP contribution in [0.25, 0.3) is 11.0 Å². The fourth-order valence-electron chi connectivity index (χ4n) is 2.85. The van der Waals surface area contributed by atoms with Crippen LogP contribution in [0.2, 0.25) is 0 Å². The van der Waals surface area contributed by atoms with Crippen molar-refractivity contribution in [1.82, 2.24) is 0 Å². The number of fused-ring (bicyclic) bond motifs is 1. The van der Waals surface area contributed by atoms with Crippen LogP contribution >= 0.6 is 0 Å². The quantitative estimate of drug-likeness (QED) is 0.596. The summed E-state index contributed by atoms with van der Waals surface area (Å²) >= 11 is 0. The van der Waals surface area contributed by atoms with Gasteiger partial charge in [-0.3, -0.25) is 0 Å². The lowest BCUT2D eigenvalue weighted by Crippen LogP contribution is -2.09. The number of benzene rings is 2. The van der Waals surface area contributed by atoms with E-state index < -0.39 is 0 Å². The number of hydrogen-bond donors (Lipinski definition) is 0. The third-order valence-electron chi connectivity index (χ3n) is 4.13. The van der Waals surface area contributed by atoms with Gasteiger partial charge in [0.05, 0.1) is 26.2 Å². The van der Waals surface area contributed by atoms with E-state index in [1.54, 1.807) is 20.3 Å². The SMILES string of the molecule is CCCOc1cc(OC)c2cc(Cc3ccccc3OC)c(=O)oc2c1. The molecule has 0 fully saturated rings. The van der Waals surface area contributed by atoms with E-state index in [1.165, 1.54) is 0 Å². The molecule has 5 heteroatoms. The van der Waals surface area contributed by atoms with E-state index in [0.29, 0.717) is 35.7 Å². The average molecular weight is 354 g/mol. The molecule has 1 aromatic heterocycles. The van der Waals surface area contributed by atoms with Gasteiger partial charge in [-0.2, -0.15) is 0 Å². The van der Waals surface area contributed by atoms with Crippen LogP contribution in [0.15, 0.2) is 51.7 Å². The molecular weight excluding hydrogens is 332 g/mol. The first-order valence-corrected chi connectivity index (χ1v) is 8.55. The molecule has 3 aromatic rings. The van der Waals surface area contributed by atoms with E-state index in [1.807, 2.05) is 43.3 Å². The van der Waals surface area contributed by atoms with Gasteiger partial charge in [0.15, 0.2) is 0 Å². The summed E-state index contributed by atoms with van der Waals surface area (Å²) in [7, 11) is 3.20. The highest BCUT2D eigenvalue weighted by Gasteiger charge is 2.14. The van der Waals surface area contributed by atoms with Crippen LogP contribution in [0, 0.1) is 0 Å². The summed E-state index contributed by atoms with van der Waals surface area (Å²) in [6.07, 6.45) is 1.31. The smallest absolute Gasteiger partial charge is 0.339 e. The van der Waals surface area contributed by atoms with Gasteiger partial charge in [-0.1, -0.05) is 25.1 Å². The molecule has 0 bridgehead atoms. The van der Waals surface area contributed by atoms with Gasteiger partial charge in [-0.25, -0.2) is 4.79 Å². The Bertz CT molecular complexity index is 958. The first-order valence-electron chi connectivity index (χ1n) is 8.55. The van der Waals surface area contributed by atoms with E-state index in [0.717, 1.165) is 23.1 Å². The van der Waals surface area contributed by atoms with Gasteiger partial charge < -0.3 is 18.6 Å². The number of rotatable bonds is 7. The van der Waals surface area contributed by atoms with Crippen molar-refractivity contribution < 1.29 is 18.6 Å². The molecule has 0 saturated heterocycles. The second kappa shape index (κ2) is 7.95. The Morgan fingerprint density at radius 2 is 1.73 bits per heavy atom. The number of hydrogen-bond acceptors (Lipinski definition) is 5. The Kier molecular flexibility index (Phi) is 5.46. The lowest BCUT2D eigenvalue weighted by atomic mass is 10.0. The van der Waals surface area contributed by atoms with E-state index in [2.05, 4.69) is 0 Å². The van der Waals surface area contributed by atoms with Crippen LogP contribution in [0.1, 0.15) is 24.5 Å². The Balaban J connectivity index is 2.05. The highest BCUT2D eigenvalue weighted by atomic mass is 16.5. The number of para-hydroxylation sites is 1. The van der Waals surface area contributed by atoms with Crippen molar-refractivity contribution in [2.45, 2.75) is 19.8 Å². The van der Waals surface area contributed by atoms with Crippen molar-refractivity contribution >= 4 is 11.0 Å². The van der Waals surface area contributed by atoms with Crippen molar-refractivity contribution in [3.8, 4) is 17.2 Å². The highest BCUT2D eigenvalue weighted by Crippen LogP contribution is 2.32. The second-order valence-corrected chi connectivity index (χ2v) is 5.93. The van der Waals surface area contributed by atoms with Crippen LogP contribution in [0.3, 0.4) is 0 Å². The van der Waals surface area contributed by atoms with Crippen LogP contribution in [-0.4, -0.2) is 20.8 Å². The molecule has 0 saturated carbocycles. The molecule has 1 heterocycles. The molecule has 3 rings (SSSR count). The summed E-state index contributed by atoms with van der Waals surface area (Å²) < 4.78 is 22.0. The predicted molar refractivity (Wildman–Crippen MR) is 101 cm³/mol. The summed E-state index contributed by atoms with van der Waals surface area (Å²) in [5.74, 6) is 1.97. The maximum absolute atomic E-state index is 12.5. The minimum absolute atomic E-state index is 0.377. The molecule has 0 aliphatic carbocycles. The minimum Gasteiger partial charge on any atom is -0.496 e. The van der Waals surface area contributed by atoms with Gasteiger partial charge in [0.2, 0.25) is 0 Å². The molecule has 0 aliphatic rings. The zero-order chi connectivity index (χ0) is 18.5. The van der Waals surface area contributed by atoms with E-state index in [9.17, 15) is 4.79 Å². The molecule has 0 spiro atoms. The number of ether oxygens (including phenoxy) is 3. The molecule has 0 N–H and O–H groups in total. The first kappa shape index (κ1) is 17.9. The van der Waals surface area contributed by atoms with Crippen molar-refractivity contribution in [3.05, 3.63) is 64.0 Å². The summed E-state index contributed by atoms with van der Waals surface area (Å²) in [4.78, 5) is 12.5. The highest BCUT2D eigenvalue weighted by molar-refractivity contribution is 5.85. The van der Waals surface area contributed by atoms with Crippen LogP contribution in [-0.2, 0) is 6.42 Å². The fourth-order valence-corrected chi connectivity index (χ4v) is 2.85. The normalized spacial score (nSPS) is 10.7. The third-order valence-corrected chi connectivity index (χ3v) is 4.13. The van der Waals surface area contributed by atoms with E-state index in [-0.39, 0.29) is 5.63 Å². The second-order valence-electron chi connectivity index (χ2n) is 5.93. The molecular formula is C21H22O5. The molecule has 0 unspecified atom stereocenters. The van der Waals surface area contributed by atoms with Crippen LogP contribution in [0.5, 0.6) is 17.2 Å². The van der Waals surface area contributed by atoms with Gasteiger partial charge >= 0.3 is 5.63 Å². The molecule has 136 valence electrons. The fraction of sp³-hybridized carbons (Fsp3) is 0.286. The summed E-state index contributed by atoms with van der Waals surface area (Å²) in [5, 5.41) is 0.737. The maximum atomic E-state index is 12.5. The summed E-state index contributed by atoms with van der Waals surface area (Å²) in [5.41, 5.74) is 1.54. The Morgan fingerprint density at radius 1 is 0.962 bits per heavy atom. The molecule has 0 aliphatic heterocycles. The summed E-state index contributed by atoms with van der Waals surface area (Å²) in [6, 6.07) is 13.0. The Hall–Kier alpha value is -2.95. The van der Waals surface area contributed by atoms with Crippen molar-refractivity contribution in [3.63, 3.8) is 0 Å². The van der Waals surface area contributed by atoms with Gasteiger partial charge in [0.1, 0.15) is 22.8 Å². The van der Waals surface area contributed by atoms with Crippen LogP contribution in [0.4, 0.5) is 0 Å². The molecule has 5 nitrogen and oxygen atoms in total. The zero-order valence-corrected chi connectivity index (χ0v) is 15.2. The first-order chi connectivity index (χ1) is 12.7. The van der Waals surface area contributed by atoms with Gasteiger partial charge in [0.25, 0.3) is 0 Å². The lowest BCUT2D eigenvalue weighted by Gasteiger charge is -2.11. The molecule has 0 amide bonds. The van der Waals surface area contributed by atoms with E-state index >= 15 is 0 Å². The Morgan fingerprint density at radius 3 is 2.46 bits per heavy atom. The van der Waals surface area contributed by atoms with E-state index in [4.69, 9.17) is 18.6 Å².